The van der Waals surface area contributed by atoms with Crippen LogP contribution in [-0.2, 0) is 0 Å². The van der Waals surface area contributed by atoms with Crippen molar-refractivity contribution in [2.24, 2.45) is 11.3 Å². The van der Waals surface area contributed by atoms with E-state index in [0.717, 1.165) is 12.0 Å². The van der Waals surface area contributed by atoms with E-state index in [1.807, 2.05) is 0 Å². The minimum absolute atomic E-state index is 0.463. The third kappa shape index (κ3) is 3.08. The van der Waals surface area contributed by atoms with Crippen molar-refractivity contribution >= 4 is 0 Å². The SMILES string of the molecule is CC1CC(NCC2(N(C)C)CCC2)CC(C)(C)C1. The summed E-state index contributed by atoms with van der Waals surface area (Å²) >= 11 is 0. The highest BCUT2D eigenvalue weighted by Gasteiger charge is 2.40. The van der Waals surface area contributed by atoms with Crippen molar-refractivity contribution < 1.29 is 0 Å². The lowest BCUT2D eigenvalue weighted by atomic mass is 9.70. The summed E-state index contributed by atoms with van der Waals surface area (Å²) in [5.74, 6) is 0.878. The first kappa shape index (κ1) is 14.3. The lowest BCUT2D eigenvalue weighted by Crippen LogP contribution is -2.58. The zero-order chi connectivity index (χ0) is 13.4. The van der Waals surface area contributed by atoms with Gasteiger partial charge in [0.2, 0.25) is 0 Å². The molecule has 0 saturated heterocycles. The van der Waals surface area contributed by atoms with Gasteiger partial charge in [0.05, 0.1) is 0 Å². The molecule has 1 N–H and O–H groups in total. The monoisotopic (exact) mass is 252 g/mol. The summed E-state index contributed by atoms with van der Waals surface area (Å²) in [7, 11) is 4.49. The van der Waals surface area contributed by atoms with Gasteiger partial charge in [-0.25, -0.2) is 0 Å². The lowest BCUT2D eigenvalue weighted by molar-refractivity contribution is 0.0490. The standard InChI is InChI=1S/C16H32N2/c1-13-9-14(11-15(2,3)10-13)17-12-16(18(4)5)7-6-8-16/h13-14,17H,6-12H2,1-5H3. The first-order chi connectivity index (χ1) is 8.33. The second-order valence-electron chi connectivity index (χ2n) is 7.96. The molecule has 2 fully saturated rings. The highest BCUT2D eigenvalue weighted by atomic mass is 15.2. The van der Waals surface area contributed by atoms with Gasteiger partial charge in [-0.2, -0.15) is 0 Å². The van der Waals surface area contributed by atoms with Gasteiger partial charge in [0.25, 0.3) is 0 Å². The maximum atomic E-state index is 3.89. The Bertz CT molecular complexity index is 279. The molecule has 0 aliphatic heterocycles. The van der Waals surface area contributed by atoms with Gasteiger partial charge in [0, 0.05) is 18.1 Å². The van der Waals surface area contributed by atoms with Crippen LogP contribution in [0.25, 0.3) is 0 Å². The van der Waals surface area contributed by atoms with Crippen LogP contribution in [0.15, 0.2) is 0 Å². The number of likely N-dealkylation sites (N-methyl/N-ethyl adjacent to an activating group) is 1. The fourth-order valence-corrected chi connectivity index (χ4v) is 4.20. The van der Waals surface area contributed by atoms with Crippen LogP contribution in [0.4, 0.5) is 0 Å². The Kier molecular flexibility index (Phi) is 4.08. The molecule has 0 radical (unpaired) electrons. The van der Waals surface area contributed by atoms with Crippen molar-refractivity contribution in [2.75, 3.05) is 20.6 Å². The topological polar surface area (TPSA) is 15.3 Å². The van der Waals surface area contributed by atoms with Crippen LogP contribution in [0.2, 0.25) is 0 Å². The molecule has 18 heavy (non-hydrogen) atoms. The normalized spacial score (nSPS) is 34.3. The fourth-order valence-electron chi connectivity index (χ4n) is 4.20. The van der Waals surface area contributed by atoms with E-state index in [9.17, 15) is 0 Å². The number of hydrogen-bond donors (Lipinski definition) is 1. The molecule has 106 valence electrons. The number of rotatable bonds is 4. The minimum atomic E-state index is 0.463. The third-order valence-corrected chi connectivity index (χ3v) is 5.34. The molecule has 2 saturated carbocycles. The van der Waals surface area contributed by atoms with Crippen molar-refractivity contribution in [1.82, 2.24) is 10.2 Å². The molecule has 2 unspecified atom stereocenters. The van der Waals surface area contributed by atoms with E-state index in [2.05, 4.69) is 45.1 Å². The van der Waals surface area contributed by atoms with Crippen LogP contribution in [0.5, 0.6) is 0 Å². The third-order valence-electron chi connectivity index (χ3n) is 5.34. The lowest BCUT2D eigenvalue weighted by Gasteiger charge is -2.49. The van der Waals surface area contributed by atoms with Gasteiger partial charge in [0.1, 0.15) is 0 Å². The fraction of sp³-hybridized carbons (Fsp3) is 1.00. The summed E-state index contributed by atoms with van der Waals surface area (Å²) in [6.07, 6.45) is 8.27. The van der Waals surface area contributed by atoms with Crippen molar-refractivity contribution in [2.45, 2.75) is 70.9 Å². The van der Waals surface area contributed by atoms with E-state index in [-0.39, 0.29) is 0 Å². The smallest absolute Gasteiger partial charge is 0.0328 e. The van der Waals surface area contributed by atoms with E-state index >= 15 is 0 Å². The van der Waals surface area contributed by atoms with E-state index in [4.69, 9.17) is 0 Å². The molecule has 0 heterocycles. The first-order valence-corrected chi connectivity index (χ1v) is 7.74. The molecule has 2 nitrogen and oxygen atoms in total. The van der Waals surface area contributed by atoms with Gasteiger partial charge in [-0.3, -0.25) is 0 Å². The van der Waals surface area contributed by atoms with Gasteiger partial charge in [-0.05, 0) is 64.0 Å². The highest BCUT2D eigenvalue weighted by Crippen LogP contribution is 2.40. The average Bonchev–Trinajstić information content (AvgIpc) is 2.11. The van der Waals surface area contributed by atoms with Crippen LogP contribution < -0.4 is 5.32 Å². The van der Waals surface area contributed by atoms with E-state index < -0.39 is 0 Å². The molecule has 0 spiro atoms. The van der Waals surface area contributed by atoms with Crippen LogP contribution in [-0.4, -0.2) is 37.1 Å². The molecular formula is C16H32N2. The number of nitrogens with one attached hydrogen (secondary N) is 1. The van der Waals surface area contributed by atoms with Gasteiger partial charge in [-0.15, -0.1) is 0 Å². The maximum absolute atomic E-state index is 3.89. The minimum Gasteiger partial charge on any atom is -0.312 e. The van der Waals surface area contributed by atoms with Gasteiger partial charge in [-0.1, -0.05) is 20.8 Å². The molecule has 0 bridgehead atoms. The number of hydrogen-bond acceptors (Lipinski definition) is 2. The molecule has 2 aliphatic carbocycles. The predicted molar refractivity (Wildman–Crippen MR) is 78.9 cm³/mol. The molecular weight excluding hydrogens is 220 g/mol. The molecule has 0 aromatic heterocycles. The summed E-state index contributed by atoms with van der Waals surface area (Å²) in [6, 6.07) is 0.737. The van der Waals surface area contributed by atoms with Crippen LogP contribution in [0.1, 0.15) is 59.3 Å². The summed E-state index contributed by atoms with van der Waals surface area (Å²) < 4.78 is 0. The Balaban J connectivity index is 1.86. The second-order valence-corrected chi connectivity index (χ2v) is 7.96. The Morgan fingerprint density at radius 3 is 2.28 bits per heavy atom. The van der Waals surface area contributed by atoms with Gasteiger partial charge < -0.3 is 10.2 Å². The summed E-state index contributed by atoms with van der Waals surface area (Å²) in [6.45, 7) is 8.47. The van der Waals surface area contributed by atoms with Crippen molar-refractivity contribution in [3.8, 4) is 0 Å². The molecule has 0 aromatic rings. The molecule has 0 amide bonds. The van der Waals surface area contributed by atoms with Crippen molar-refractivity contribution in [3.63, 3.8) is 0 Å². The second kappa shape index (κ2) is 5.13. The van der Waals surface area contributed by atoms with E-state index in [1.54, 1.807) is 0 Å². The Morgan fingerprint density at radius 1 is 1.17 bits per heavy atom. The van der Waals surface area contributed by atoms with E-state index in [1.165, 1.54) is 45.1 Å². The molecule has 2 atom stereocenters. The predicted octanol–water partition coefficient (Wildman–Crippen LogP) is 3.28. The van der Waals surface area contributed by atoms with Crippen LogP contribution in [0.3, 0.4) is 0 Å². The summed E-state index contributed by atoms with van der Waals surface area (Å²) in [5.41, 5.74) is 0.991. The van der Waals surface area contributed by atoms with Crippen molar-refractivity contribution in [3.05, 3.63) is 0 Å². The van der Waals surface area contributed by atoms with Crippen molar-refractivity contribution in [1.29, 1.82) is 0 Å². The van der Waals surface area contributed by atoms with Gasteiger partial charge >= 0.3 is 0 Å². The van der Waals surface area contributed by atoms with E-state index in [0.29, 0.717) is 11.0 Å². The largest absolute Gasteiger partial charge is 0.312 e. The molecule has 2 aliphatic rings. The van der Waals surface area contributed by atoms with Gasteiger partial charge in [0.15, 0.2) is 0 Å². The Hall–Kier alpha value is -0.0800. The van der Waals surface area contributed by atoms with Crippen LogP contribution in [0, 0.1) is 11.3 Å². The molecule has 2 heteroatoms. The molecule has 2 rings (SSSR count). The summed E-state index contributed by atoms with van der Waals surface area (Å²) in [4.78, 5) is 2.45. The zero-order valence-corrected chi connectivity index (χ0v) is 13.1. The zero-order valence-electron chi connectivity index (χ0n) is 13.1. The highest BCUT2D eigenvalue weighted by molar-refractivity contribution is 4.99. The number of nitrogens with zero attached hydrogens (tertiary/aromatic N) is 1. The Morgan fingerprint density at radius 2 is 1.83 bits per heavy atom. The van der Waals surface area contributed by atoms with Crippen LogP contribution >= 0.6 is 0 Å². The summed E-state index contributed by atoms with van der Waals surface area (Å²) in [5, 5.41) is 3.89. The Labute approximate surface area is 114 Å². The quantitative estimate of drug-likeness (QED) is 0.826. The average molecular weight is 252 g/mol. The first-order valence-electron chi connectivity index (χ1n) is 7.74. The maximum Gasteiger partial charge on any atom is 0.0328 e. The molecule has 0 aromatic carbocycles.